The van der Waals surface area contributed by atoms with Crippen LogP contribution in [0.1, 0.15) is 30.6 Å². The van der Waals surface area contributed by atoms with Crippen LogP contribution in [0.2, 0.25) is 0 Å². The van der Waals surface area contributed by atoms with E-state index < -0.39 is 0 Å². The monoisotopic (exact) mass is 368 g/mol. The molecule has 0 unspecified atom stereocenters. The normalized spacial score (nSPS) is 11.1. The van der Waals surface area contributed by atoms with E-state index in [9.17, 15) is 9.18 Å². The molecule has 1 heterocycles. The van der Waals surface area contributed by atoms with Gasteiger partial charge in [-0.15, -0.1) is 0 Å². The fourth-order valence-corrected chi connectivity index (χ4v) is 3.42. The summed E-state index contributed by atoms with van der Waals surface area (Å²) < 4.78 is 13.1. The van der Waals surface area contributed by atoms with E-state index in [2.05, 4.69) is 24.1 Å². The Morgan fingerprint density at radius 3 is 2.62 bits per heavy atom. The van der Waals surface area contributed by atoms with E-state index in [1.807, 2.05) is 24.3 Å². The van der Waals surface area contributed by atoms with Gasteiger partial charge in [-0.2, -0.15) is 0 Å². The number of aromatic nitrogens is 1. The van der Waals surface area contributed by atoms with Gasteiger partial charge in [-0.25, -0.2) is 9.37 Å². The predicted octanol–water partition coefficient (Wildman–Crippen LogP) is 5.30. The van der Waals surface area contributed by atoms with Crippen LogP contribution in [0.15, 0.2) is 64.5 Å². The zero-order valence-corrected chi connectivity index (χ0v) is 15.6. The van der Waals surface area contributed by atoms with Crippen molar-refractivity contribution < 1.29 is 9.18 Å². The number of amides is 1. The molecule has 0 atom stereocenters. The number of hydrogen-bond donors (Lipinski definition) is 1. The number of rotatable bonds is 6. The molecule has 3 nitrogen and oxygen atoms in total. The Bertz CT molecular complexity index is 910. The molecule has 1 amide bonds. The van der Waals surface area contributed by atoms with Gasteiger partial charge >= 0.3 is 0 Å². The van der Waals surface area contributed by atoms with Crippen molar-refractivity contribution >= 4 is 28.6 Å². The topological polar surface area (TPSA) is 42.0 Å². The van der Waals surface area contributed by atoms with Gasteiger partial charge in [-0.3, -0.25) is 4.79 Å². The second-order valence-electron chi connectivity index (χ2n) is 6.52. The number of nitrogens with zero attached hydrogens (tertiary/aromatic N) is 1. The summed E-state index contributed by atoms with van der Waals surface area (Å²) in [4.78, 5) is 18.2. The van der Waals surface area contributed by atoms with Gasteiger partial charge in [-0.1, -0.05) is 43.8 Å². The minimum atomic E-state index is -0.272. The summed E-state index contributed by atoms with van der Waals surface area (Å²) in [5.74, 6) is 0.172. The average Bonchev–Trinajstić information content (AvgIpc) is 2.62. The fourth-order valence-electron chi connectivity index (χ4n) is 2.58. The molecular weight excluding hydrogens is 347 g/mol. The van der Waals surface area contributed by atoms with Gasteiger partial charge in [0.25, 0.3) is 5.91 Å². The second-order valence-corrected chi connectivity index (χ2v) is 7.61. The molecule has 134 valence electrons. The summed E-state index contributed by atoms with van der Waals surface area (Å²) in [6, 6.07) is 15.7. The van der Waals surface area contributed by atoms with Crippen LogP contribution in [0.5, 0.6) is 0 Å². The van der Waals surface area contributed by atoms with E-state index in [4.69, 9.17) is 0 Å². The molecule has 0 fully saturated rings. The highest BCUT2D eigenvalue weighted by Crippen LogP contribution is 2.29. The Labute approximate surface area is 157 Å². The van der Waals surface area contributed by atoms with E-state index in [1.165, 1.54) is 23.9 Å². The lowest BCUT2D eigenvalue weighted by atomic mass is 10.1. The molecule has 5 heteroatoms. The third-order valence-electron chi connectivity index (χ3n) is 3.98. The van der Waals surface area contributed by atoms with Crippen molar-refractivity contribution in [2.75, 3.05) is 6.54 Å². The number of carbonyl (C=O) groups is 1. The maximum Gasteiger partial charge on any atom is 0.252 e. The quantitative estimate of drug-likeness (QED) is 0.642. The van der Waals surface area contributed by atoms with Crippen LogP contribution in [0, 0.1) is 11.7 Å². The third-order valence-corrected chi connectivity index (χ3v) is 4.91. The standard InChI is InChI=1S/C21H21FN2OS/c1-14(2)11-12-23-21(25)18-13-20(24-19-6-4-3-5-17(18)19)26-16-9-7-15(22)8-10-16/h3-10,13-14H,11-12H2,1-2H3,(H,23,25). The molecule has 0 radical (unpaired) electrons. The molecule has 1 aromatic heterocycles. The van der Waals surface area contributed by atoms with E-state index in [0.29, 0.717) is 23.1 Å². The zero-order chi connectivity index (χ0) is 18.5. The fraction of sp³-hybridized carbons (Fsp3) is 0.238. The van der Waals surface area contributed by atoms with Gasteiger partial charge in [0.2, 0.25) is 0 Å². The number of nitrogens with one attached hydrogen (secondary N) is 1. The lowest BCUT2D eigenvalue weighted by Crippen LogP contribution is -2.25. The lowest BCUT2D eigenvalue weighted by molar-refractivity contribution is 0.0953. The maximum absolute atomic E-state index is 13.1. The first-order chi connectivity index (χ1) is 12.5. The summed E-state index contributed by atoms with van der Waals surface area (Å²) >= 11 is 1.41. The molecule has 0 bridgehead atoms. The van der Waals surface area contributed by atoms with Crippen LogP contribution in [0.3, 0.4) is 0 Å². The van der Waals surface area contributed by atoms with Crippen LogP contribution < -0.4 is 5.32 Å². The highest BCUT2D eigenvalue weighted by Gasteiger charge is 2.13. The Morgan fingerprint density at radius 2 is 1.88 bits per heavy atom. The van der Waals surface area contributed by atoms with E-state index in [0.717, 1.165) is 22.2 Å². The van der Waals surface area contributed by atoms with Gasteiger partial charge in [0.15, 0.2) is 0 Å². The minimum absolute atomic E-state index is 0.0924. The summed E-state index contributed by atoms with van der Waals surface area (Å²) in [5.41, 5.74) is 1.39. The molecule has 3 rings (SSSR count). The highest BCUT2D eigenvalue weighted by atomic mass is 32.2. The van der Waals surface area contributed by atoms with Crippen LogP contribution in [0.25, 0.3) is 10.9 Å². The second kappa shape index (κ2) is 8.32. The molecule has 1 N–H and O–H groups in total. The van der Waals surface area contributed by atoms with Crippen molar-refractivity contribution in [3.8, 4) is 0 Å². The average molecular weight is 368 g/mol. The highest BCUT2D eigenvalue weighted by molar-refractivity contribution is 7.99. The Morgan fingerprint density at radius 1 is 1.15 bits per heavy atom. The molecule has 0 spiro atoms. The first-order valence-electron chi connectivity index (χ1n) is 8.64. The summed E-state index contributed by atoms with van der Waals surface area (Å²) in [5, 5.41) is 4.54. The molecule has 0 aliphatic carbocycles. The molecule has 2 aromatic carbocycles. The number of fused-ring (bicyclic) bond motifs is 1. The van der Waals surface area contributed by atoms with E-state index in [-0.39, 0.29) is 11.7 Å². The van der Waals surface area contributed by atoms with Gasteiger partial charge in [0, 0.05) is 16.8 Å². The van der Waals surface area contributed by atoms with Crippen molar-refractivity contribution in [3.63, 3.8) is 0 Å². The Balaban J connectivity index is 1.90. The first kappa shape index (κ1) is 18.4. The van der Waals surface area contributed by atoms with Crippen LogP contribution in [0.4, 0.5) is 4.39 Å². The number of carbonyl (C=O) groups excluding carboxylic acids is 1. The molecule has 0 saturated carbocycles. The van der Waals surface area contributed by atoms with Crippen molar-refractivity contribution in [3.05, 3.63) is 66.0 Å². The Hall–Kier alpha value is -2.40. The van der Waals surface area contributed by atoms with Crippen molar-refractivity contribution in [2.24, 2.45) is 5.92 Å². The molecule has 0 saturated heterocycles. The minimum Gasteiger partial charge on any atom is -0.352 e. The maximum atomic E-state index is 13.1. The molecule has 0 aliphatic rings. The number of benzene rings is 2. The number of pyridine rings is 1. The predicted molar refractivity (Wildman–Crippen MR) is 104 cm³/mol. The summed E-state index contributed by atoms with van der Waals surface area (Å²) in [7, 11) is 0. The lowest BCUT2D eigenvalue weighted by Gasteiger charge is -2.11. The molecule has 0 aliphatic heterocycles. The van der Waals surface area contributed by atoms with Crippen LogP contribution in [-0.4, -0.2) is 17.4 Å². The van der Waals surface area contributed by atoms with Gasteiger partial charge in [-0.05, 0) is 48.7 Å². The summed E-state index contributed by atoms with van der Waals surface area (Å²) in [6.07, 6.45) is 0.936. The largest absolute Gasteiger partial charge is 0.352 e. The SMILES string of the molecule is CC(C)CCNC(=O)c1cc(Sc2ccc(F)cc2)nc2ccccc12. The number of para-hydroxylation sites is 1. The number of halogens is 1. The summed E-state index contributed by atoms with van der Waals surface area (Å²) in [6.45, 7) is 4.91. The van der Waals surface area contributed by atoms with E-state index in [1.54, 1.807) is 18.2 Å². The molecule has 26 heavy (non-hydrogen) atoms. The van der Waals surface area contributed by atoms with Gasteiger partial charge < -0.3 is 5.32 Å². The first-order valence-corrected chi connectivity index (χ1v) is 9.46. The number of hydrogen-bond acceptors (Lipinski definition) is 3. The van der Waals surface area contributed by atoms with Crippen molar-refractivity contribution in [2.45, 2.75) is 30.2 Å². The smallest absolute Gasteiger partial charge is 0.252 e. The van der Waals surface area contributed by atoms with Gasteiger partial charge in [0.1, 0.15) is 10.8 Å². The third kappa shape index (κ3) is 4.61. The van der Waals surface area contributed by atoms with Crippen molar-refractivity contribution in [1.29, 1.82) is 0 Å². The Kier molecular flexibility index (Phi) is 5.89. The molecular formula is C21H21FN2OS. The van der Waals surface area contributed by atoms with E-state index >= 15 is 0 Å². The van der Waals surface area contributed by atoms with Crippen LogP contribution in [-0.2, 0) is 0 Å². The molecule has 3 aromatic rings. The van der Waals surface area contributed by atoms with Crippen LogP contribution >= 0.6 is 11.8 Å². The van der Waals surface area contributed by atoms with Crippen molar-refractivity contribution in [1.82, 2.24) is 10.3 Å². The zero-order valence-electron chi connectivity index (χ0n) is 14.8. The van der Waals surface area contributed by atoms with Gasteiger partial charge in [0.05, 0.1) is 11.1 Å².